The smallest absolute Gasteiger partial charge is 0.416 e. The van der Waals surface area contributed by atoms with Gasteiger partial charge in [-0.1, -0.05) is 32.3 Å². The first-order valence-corrected chi connectivity index (χ1v) is 8.67. The lowest BCUT2D eigenvalue weighted by atomic mass is 9.96. The monoisotopic (exact) mass is 380 g/mol. The van der Waals surface area contributed by atoms with Gasteiger partial charge in [0.05, 0.1) is 12.7 Å². The molecule has 0 amide bonds. The molecule has 0 spiro atoms. The minimum Gasteiger partial charge on any atom is -0.496 e. The Kier molecular flexibility index (Phi) is 9.03. The van der Waals surface area contributed by atoms with Crippen LogP contribution in [-0.2, 0) is 6.18 Å². The van der Waals surface area contributed by atoms with E-state index in [0.29, 0.717) is 5.75 Å². The van der Waals surface area contributed by atoms with Crippen molar-refractivity contribution in [2.75, 3.05) is 33.3 Å². The molecule has 1 N–H and O–H groups in total. The average Bonchev–Trinajstić information content (AvgIpc) is 2.58. The highest BCUT2D eigenvalue weighted by Gasteiger charge is 2.32. The molecule has 25 heavy (non-hydrogen) atoms. The number of methoxy groups -OCH3 is 1. The van der Waals surface area contributed by atoms with Crippen LogP contribution in [0.5, 0.6) is 5.75 Å². The lowest BCUT2D eigenvalue weighted by Crippen LogP contribution is -2.45. The summed E-state index contributed by atoms with van der Waals surface area (Å²) in [5.41, 5.74) is 0.208. The molecule has 0 aliphatic carbocycles. The lowest BCUT2D eigenvalue weighted by Gasteiger charge is -2.36. The molecule has 0 saturated carbocycles. The summed E-state index contributed by atoms with van der Waals surface area (Å²) < 4.78 is 44.2. The third-order valence-electron chi connectivity index (χ3n) is 4.59. The zero-order valence-corrected chi connectivity index (χ0v) is 15.7. The van der Waals surface area contributed by atoms with Crippen molar-refractivity contribution in [3.05, 3.63) is 29.3 Å². The normalized spacial score (nSPS) is 17.0. The Bertz CT molecular complexity index is 520. The predicted molar refractivity (Wildman–Crippen MR) is 96.6 cm³/mol. The Balaban J connectivity index is 0.00000312. The first-order chi connectivity index (χ1) is 11.5. The van der Waals surface area contributed by atoms with Gasteiger partial charge in [-0.15, -0.1) is 12.4 Å². The number of ether oxygens (including phenoxy) is 1. The number of nitrogens with one attached hydrogen (secondary N) is 1. The minimum atomic E-state index is -4.35. The summed E-state index contributed by atoms with van der Waals surface area (Å²) in [5, 5.41) is 3.32. The fourth-order valence-electron chi connectivity index (χ4n) is 3.28. The zero-order valence-electron chi connectivity index (χ0n) is 14.9. The van der Waals surface area contributed by atoms with Crippen LogP contribution < -0.4 is 10.1 Å². The van der Waals surface area contributed by atoms with E-state index in [0.717, 1.165) is 63.5 Å². The second-order valence-corrected chi connectivity index (χ2v) is 6.25. The fourth-order valence-corrected chi connectivity index (χ4v) is 3.28. The van der Waals surface area contributed by atoms with E-state index in [9.17, 15) is 13.2 Å². The second-order valence-electron chi connectivity index (χ2n) is 6.25. The molecule has 1 heterocycles. The van der Waals surface area contributed by atoms with E-state index in [4.69, 9.17) is 4.74 Å². The number of halogens is 4. The summed E-state index contributed by atoms with van der Waals surface area (Å²) in [7, 11) is 1.44. The average molecular weight is 381 g/mol. The van der Waals surface area contributed by atoms with Crippen LogP contribution in [0.3, 0.4) is 0 Å². The van der Waals surface area contributed by atoms with Crippen LogP contribution in [0.1, 0.15) is 49.8 Å². The summed E-state index contributed by atoms with van der Waals surface area (Å²) in [6.07, 6.45) is -0.0899. The number of piperazine rings is 1. The van der Waals surface area contributed by atoms with Crippen LogP contribution in [0.2, 0.25) is 0 Å². The van der Waals surface area contributed by atoms with Gasteiger partial charge in [-0.05, 0) is 18.6 Å². The van der Waals surface area contributed by atoms with Crippen molar-refractivity contribution < 1.29 is 17.9 Å². The van der Waals surface area contributed by atoms with Gasteiger partial charge < -0.3 is 10.1 Å². The van der Waals surface area contributed by atoms with Crippen molar-refractivity contribution in [3.63, 3.8) is 0 Å². The van der Waals surface area contributed by atoms with E-state index in [1.165, 1.54) is 13.2 Å². The van der Waals surface area contributed by atoms with Crippen molar-refractivity contribution >= 4 is 12.4 Å². The Hall–Kier alpha value is -0.980. The number of hydrogen-bond acceptors (Lipinski definition) is 3. The fraction of sp³-hybridized carbons (Fsp3) is 0.667. The number of unbranched alkanes of at least 4 members (excludes halogenated alkanes) is 2. The molecule has 1 aromatic rings. The molecule has 1 atom stereocenters. The van der Waals surface area contributed by atoms with Crippen LogP contribution in [0.4, 0.5) is 13.2 Å². The summed E-state index contributed by atoms with van der Waals surface area (Å²) in [6.45, 7) is 5.78. The number of hydrogen-bond donors (Lipinski definition) is 1. The van der Waals surface area contributed by atoms with Gasteiger partial charge in [-0.3, -0.25) is 4.90 Å². The first-order valence-electron chi connectivity index (χ1n) is 8.67. The third-order valence-corrected chi connectivity index (χ3v) is 4.59. The lowest BCUT2D eigenvalue weighted by molar-refractivity contribution is -0.137. The minimum absolute atomic E-state index is 0. The van der Waals surface area contributed by atoms with E-state index in [-0.39, 0.29) is 18.4 Å². The third kappa shape index (κ3) is 6.04. The topological polar surface area (TPSA) is 24.5 Å². The molecule has 1 fully saturated rings. The maximum Gasteiger partial charge on any atom is 0.416 e. The molecule has 0 radical (unpaired) electrons. The maximum absolute atomic E-state index is 13.0. The first kappa shape index (κ1) is 22.1. The highest BCUT2D eigenvalue weighted by molar-refractivity contribution is 5.85. The predicted octanol–water partition coefficient (Wildman–Crippen LogP) is 4.66. The van der Waals surface area contributed by atoms with Crippen LogP contribution in [0.25, 0.3) is 0 Å². The number of benzene rings is 1. The molecule has 2 rings (SSSR count). The second kappa shape index (κ2) is 10.2. The largest absolute Gasteiger partial charge is 0.496 e. The molecular weight excluding hydrogens is 353 g/mol. The number of rotatable bonds is 7. The van der Waals surface area contributed by atoms with Crippen molar-refractivity contribution in [3.8, 4) is 5.75 Å². The van der Waals surface area contributed by atoms with Gasteiger partial charge >= 0.3 is 6.18 Å². The standard InChI is InChI=1S/C18H27F3N2O.ClH/c1-3-4-5-6-16(23-11-9-22-10-12-23)15-8-7-14(18(19,20)21)13-17(15)24-2;/h7-8,13,16,22H,3-6,9-12H2,1-2H3;1H/t16-;/m0./s1. The SMILES string of the molecule is CCCCC[C@@H](c1ccc(C(F)(F)F)cc1OC)N1CCNCC1.Cl. The molecule has 1 aliphatic heterocycles. The molecule has 0 aromatic heterocycles. The van der Waals surface area contributed by atoms with Crippen LogP contribution in [0, 0.1) is 0 Å². The summed E-state index contributed by atoms with van der Waals surface area (Å²) in [4.78, 5) is 2.36. The van der Waals surface area contributed by atoms with Gasteiger partial charge in [0, 0.05) is 37.8 Å². The van der Waals surface area contributed by atoms with Gasteiger partial charge in [0.15, 0.2) is 0 Å². The molecule has 0 bridgehead atoms. The number of nitrogens with zero attached hydrogens (tertiary/aromatic N) is 1. The number of alkyl halides is 3. The van der Waals surface area contributed by atoms with E-state index in [1.807, 2.05) is 0 Å². The Morgan fingerprint density at radius 3 is 2.44 bits per heavy atom. The Morgan fingerprint density at radius 2 is 1.88 bits per heavy atom. The highest BCUT2D eigenvalue weighted by atomic mass is 35.5. The summed E-state index contributed by atoms with van der Waals surface area (Å²) in [5.74, 6) is 0.338. The quantitative estimate of drug-likeness (QED) is 0.696. The van der Waals surface area contributed by atoms with Gasteiger partial charge in [0.25, 0.3) is 0 Å². The zero-order chi connectivity index (χ0) is 17.6. The van der Waals surface area contributed by atoms with Gasteiger partial charge in [-0.2, -0.15) is 13.2 Å². The van der Waals surface area contributed by atoms with Gasteiger partial charge in [0.2, 0.25) is 0 Å². The molecular formula is C18H28ClF3N2O. The molecule has 0 unspecified atom stereocenters. The van der Waals surface area contributed by atoms with E-state index < -0.39 is 11.7 Å². The van der Waals surface area contributed by atoms with Gasteiger partial charge in [0.1, 0.15) is 5.75 Å². The molecule has 1 aromatic carbocycles. The van der Waals surface area contributed by atoms with Crippen LogP contribution >= 0.6 is 12.4 Å². The van der Waals surface area contributed by atoms with E-state index in [1.54, 1.807) is 6.07 Å². The molecule has 1 saturated heterocycles. The Labute approximate surface area is 154 Å². The van der Waals surface area contributed by atoms with E-state index in [2.05, 4.69) is 17.1 Å². The van der Waals surface area contributed by atoms with Crippen molar-refractivity contribution in [1.82, 2.24) is 10.2 Å². The van der Waals surface area contributed by atoms with Crippen molar-refractivity contribution in [1.29, 1.82) is 0 Å². The molecule has 7 heteroatoms. The van der Waals surface area contributed by atoms with Crippen LogP contribution in [0.15, 0.2) is 18.2 Å². The Morgan fingerprint density at radius 1 is 1.20 bits per heavy atom. The maximum atomic E-state index is 13.0. The van der Waals surface area contributed by atoms with Crippen LogP contribution in [-0.4, -0.2) is 38.2 Å². The molecule has 144 valence electrons. The summed E-state index contributed by atoms with van der Waals surface area (Å²) in [6, 6.07) is 4.01. The summed E-state index contributed by atoms with van der Waals surface area (Å²) >= 11 is 0. The molecule has 1 aliphatic rings. The van der Waals surface area contributed by atoms with E-state index >= 15 is 0 Å². The van der Waals surface area contributed by atoms with Gasteiger partial charge in [-0.25, -0.2) is 0 Å². The highest BCUT2D eigenvalue weighted by Crippen LogP contribution is 2.38. The van der Waals surface area contributed by atoms with Crippen molar-refractivity contribution in [2.45, 2.75) is 44.8 Å². The van der Waals surface area contributed by atoms with Crippen molar-refractivity contribution in [2.24, 2.45) is 0 Å². The molecule has 3 nitrogen and oxygen atoms in total.